The second-order valence-electron chi connectivity index (χ2n) is 6.44. The second-order valence-corrected chi connectivity index (χ2v) is 6.44. The Labute approximate surface area is 129 Å². The first-order valence-electron chi connectivity index (χ1n) is 8.82. The molecule has 0 amide bonds. The summed E-state index contributed by atoms with van der Waals surface area (Å²) in [7, 11) is 0. The molecule has 0 aliphatic heterocycles. The molecule has 1 fully saturated rings. The maximum Gasteiger partial charge on any atom is 0.228 e. The molecule has 0 saturated heterocycles. The van der Waals surface area contributed by atoms with Crippen LogP contribution < -0.4 is 5.32 Å². The Kier molecular flexibility index (Phi) is 6.68. The molecule has 21 heavy (non-hydrogen) atoms. The van der Waals surface area contributed by atoms with Crippen molar-refractivity contribution in [2.45, 2.75) is 84.1 Å². The molecule has 1 saturated carbocycles. The van der Waals surface area contributed by atoms with Crippen LogP contribution in [0.25, 0.3) is 0 Å². The molecule has 1 heterocycles. The molecule has 120 valence electrons. The van der Waals surface area contributed by atoms with E-state index in [9.17, 15) is 0 Å². The molecule has 1 N–H and O–H groups in total. The van der Waals surface area contributed by atoms with Crippen LogP contribution in [0, 0.1) is 5.92 Å². The fourth-order valence-electron chi connectivity index (χ4n) is 3.27. The smallest absolute Gasteiger partial charge is 0.228 e. The van der Waals surface area contributed by atoms with E-state index in [0.29, 0.717) is 12.0 Å². The fraction of sp³-hybridized carbons (Fsp3) is 0.882. The van der Waals surface area contributed by atoms with Gasteiger partial charge in [-0.25, -0.2) is 0 Å². The number of nitrogens with zero attached hydrogens (tertiary/aromatic N) is 2. The van der Waals surface area contributed by atoms with E-state index < -0.39 is 0 Å². The van der Waals surface area contributed by atoms with Crippen LogP contribution in [0.15, 0.2) is 4.52 Å². The van der Waals surface area contributed by atoms with Gasteiger partial charge in [-0.2, -0.15) is 4.98 Å². The van der Waals surface area contributed by atoms with E-state index in [2.05, 4.69) is 36.2 Å². The third-order valence-electron chi connectivity index (χ3n) is 4.87. The molecule has 1 aliphatic carbocycles. The van der Waals surface area contributed by atoms with Crippen molar-refractivity contribution in [2.75, 3.05) is 6.54 Å². The average Bonchev–Trinajstić information content (AvgIpc) is 3.00. The van der Waals surface area contributed by atoms with E-state index in [1.54, 1.807) is 0 Å². The Morgan fingerprint density at radius 3 is 2.57 bits per heavy atom. The summed E-state index contributed by atoms with van der Waals surface area (Å²) >= 11 is 0. The highest BCUT2D eigenvalue weighted by Gasteiger charge is 2.25. The first kappa shape index (κ1) is 16.5. The molecule has 1 unspecified atom stereocenters. The van der Waals surface area contributed by atoms with Crippen LogP contribution >= 0.6 is 0 Å². The van der Waals surface area contributed by atoms with Gasteiger partial charge in [0.05, 0.1) is 0 Å². The number of nitrogens with one attached hydrogen (secondary N) is 1. The Hall–Kier alpha value is -0.900. The lowest BCUT2D eigenvalue weighted by molar-refractivity contribution is 0.301. The largest absolute Gasteiger partial charge is 0.339 e. The second kappa shape index (κ2) is 8.52. The van der Waals surface area contributed by atoms with Crippen LogP contribution in [0.1, 0.15) is 83.3 Å². The lowest BCUT2D eigenvalue weighted by atomic mass is 9.80. The Bertz CT molecular complexity index is 396. The van der Waals surface area contributed by atoms with Crippen molar-refractivity contribution in [1.82, 2.24) is 15.5 Å². The van der Waals surface area contributed by atoms with Gasteiger partial charge in [-0.3, -0.25) is 0 Å². The van der Waals surface area contributed by atoms with Crippen molar-refractivity contribution < 1.29 is 4.52 Å². The van der Waals surface area contributed by atoms with E-state index in [4.69, 9.17) is 4.52 Å². The van der Waals surface area contributed by atoms with Crippen LogP contribution in [0.5, 0.6) is 0 Å². The van der Waals surface area contributed by atoms with Crippen LogP contribution in [-0.4, -0.2) is 22.7 Å². The fourth-order valence-corrected chi connectivity index (χ4v) is 3.27. The molecule has 0 bridgehead atoms. The standard InChI is InChI=1S/C17H31N3O/c1-4-11-18-15(6-3)12-16-19-17(20-21-16)14-9-7-13(5-2)8-10-14/h13-15,18H,4-12H2,1-3H3. The molecule has 0 aromatic carbocycles. The lowest BCUT2D eigenvalue weighted by Gasteiger charge is -2.25. The molecular formula is C17H31N3O. The Morgan fingerprint density at radius 2 is 1.95 bits per heavy atom. The summed E-state index contributed by atoms with van der Waals surface area (Å²) in [4.78, 5) is 4.66. The minimum atomic E-state index is 0.453. The first-order valence-corrected chi connectivity index (χ1v) is 8.82. The SMILES string of the molecule is CCCNC(CC)Cc1nc(C2CCC(CC)CC2)no1. The highest BCUT2D eigenvalue weighted by Crippen LogP contribution is 2.35. The summed E-state index contributed by atoms with van der Waals surface area (Å²) in [6, 6.07) is 0.453. The third kappa shape index (κ3) is 4.80. The van der Waals surface area contributed by atoms with Crippen LogP contribution in [0.4, 0.5) is 0 Å². The highest BCUT2D eigenvalue weighted by atomic mass is 16.5. The van der Waals surface area contributed by atoms with Crippen molar-refractivity contribution in [3.8, 4) is 0 Å². The molecule has 1 aromatic heterocycles. The van der Waals surface area contributed by atoms with E-state index in [1.807, 2.05) is 0 Å². The van der Waals surface area contributed by atoms with E-state index in [0.717, 1.165) is 43.4 Å². The quantitative estimate of drug-likeness (QED) is 0.785. The van der Waals surface area contributed by atoms with Gasteiger partial charge in [0.1, 0.15) is 0 Å². The molecule has 1 aliphatic rings. The van der Waals surface area contributed by atoms with Gasteiger partial charge in [-0.15, -0.1) is 0 Å². The van der Waals surface area contributed by atoms with E-state index >= 15 is 0 Å². The minimum absolute atomic E-state index is 0.453. The molecular weight excluding hydrogens is 262 g/mol. The Morgan fingerprint density at radius 1 is 1.19 bits per heavy atom. The van der Waals surface area contributed by atoms with Gasteiger partial charge in [-0.05, 0) is 51.0 Å². The van der Waals surface area contributed by atoms with Crippen molar-refractivity contribution in [3.63, 3.8) is 0 Å². The maximum atomic E-state index is 5.48. The van der Waals surface area contributed by atoms with E-state index in [1.165, 1.54) is 32.1 Å². The third-order valence-corrected chi connectivity index (χ3v) is 4.87. The van der Waals surface area contributed by atoms with Gasteiger partial charge >= 0.3 is 0 Å². The number of hydrogen-bond acceptors (Lipinski definition) is 4. The summed E-state index contributed by atoms with van der Waals surface area (Å²) in [5, 5.41) is 7.79. The molecule has 1 atom stereocenters. The summed E-state index contributed by atoms with van der Waals surface area (Å²) in [6.45, 7) is 7.75. The molecule has 1 aromatic rings. The zero-order chi connectivity index (χ0) is 15.1. The van der Waals surface area contributed by atoms with Crippen molar-refractivity contribution >= 4 is 0 Å². The lowest BCUT2D eigenvalue weighted by Crippen LogP contribution is -2.31. The number of rotatable bonds is 8. The molecule has 0 spiro atoms. The van der Waals surface area contributed by atoms with Gasteiger partial charge in [0.15, 0.2) is 5.82 Å². The van der Waals surface area contributed by atoms with E-state index in [-0.39, 0.29) is 0 Å². The number of hydrogen-bond donors (Lipinski definition) is 1. The van der Waals surface area contributed by atoms with Gasteiger partial charge < -0.3 is 9.84 Å². The molecule has 2 rings (SSSR count). The highest BCUT2D eigenvalue weighted by molar-refractivity contribution is 4.98. The van der Waals surface area contributed by atoms with Crippen molar-refractivity contribution in [2.24, 2.45) is 5.92 Å². The first-order chi connectivity index (χ1) is 10.3. The van der Waals surface area contributed by atoms with Crippen LogP contribution in [-0.2, 0) is 6.42 Å². The zero-order valence-corrected chi connectivity index (χ0v) is 13.9. The summed E-state index contributed by atoms with van der Waals surface area (Å²) in [5.41, 5.74) is 0. The summed E-state index contributed by atoms with van der Waals surface area (Å²) in [6.07, 6.45) is 9.51. The normalized spacial score (nSPS) is 24.1. The number of aromatic nitrogens is 2. The van der Waals surface area contributed by atoms with Gasteiger partial charge in [0, 0.05) is 18.4 Å². The average molecular weight is 293 g/mol. The monoisotopic (exact) mass is 293 g/mol. The molecule has 4 nitrogen and oxygen atoms in total. The minimum Gasteiger partial charge on any atom is -0.339 e. The Balaban J connectivity index is 1.86. The van der Waals surface area contributed by atoms with Crippen molar-refractivity contribution in [1.29, 1.82) is 0 Å². The van der Waals surface area contributed by atoms with Gasteiger partial charge in [0.25, 0.3) is 0 Å². The topological polar surface area (TPSA) is 51.0 Å². The van der Waals surface area contributed by atoms with Gasteiger partial charge in [0.2, 0.25) is 5.89 Å². The molecule has 4 heteroatoms. The van der Waals surface area contributed by atoms with Crippen LogP contribution in [0.3, 0.4) is 0 Å². The summed E-state index contributed by atoms with van der Waals surface area (Å²) in [5.74, 6) is 3.19. The summed E-state index contributed by atoms with van der Waals surface area (Å²) < 4.78 is 5.48. The van der Waals surface area contributed by atoms with Crippen LogP contribution in [0.2, 0.25) is 0 Å². The van der Waals surface area contributed by atoms with Crippen molar-refractivity contribution in [3.05, 3.63) is 11.7 Å². The maximum absolute atomic E-state index is 5.48. The zero-order valence-electron chi connectivity index (χ0n) is 13.9. The molecule has 0 radical (unpaired) electrons. The predicted molar refractivity (Wildman–Crippen MR) is 85.4 cm³/mol. The predicted octanol–water partition coefficient (Wildman–Crippen LogP) is 4.07. The van der Waals surface area contributed by atoms with Gasteiger partial charge in [-0.1, -0.05) is 32.3 Å².